The Bertz CT molecular complexity index is 1110. The number of benzene rings is 2. The van der Waals surface area contributed by atoms with Gasteiger partial charge in [0.25, 0.3) is 15.0 Å². The van der Waals surface area contributed by atoms with E-state index in [0.29, 0.717) is 0 Å². The summed E-state index contributed by atoms with van der Waals surface area (Å²) in [4.78, 5) is 25.8. The Labute approximate surface area is 231 Å². The molecular weight excluding hydrogens is 538 g/mol. The Morgan fingerprint density at radius 3 is 1.36 bits per heavy atom. The van der Waals surface area contributed by atoms with Crippen molar-refractivity contribution >= 4 is 27.0 Å². The number of rotatable bonds is 16. The van der Waals surface area contributed by atoms with E-state index in [9.17, 15) is 18.7 Å². The highest BCUT2D eigenvalue weighted by atomic mass is 31.2. The number of nitrogens with zero attached hydrogens (tertiary/aromatic N) is 2. The summed E-state index contributed by atoms with van der Waals surface area (Å²) < 4.78 is 47.1. The van der Waals surface area contributed by atoms with Gasteiger partial charge in [0.1, 0.15) is 12.1 Å². The van der Waals surface area contributed by atoms with E-state index in [2.05, 4.69) is 13.2 Å². The molecule has 0 aliphatic carbocycles. The van der Waals surface area contributed by atoms with Gasteiger partial charge in [-0.1, -0.05) is 72.8 Å². The van der Waals surface area contributed by atoms with E-state index in [-0.39, 0.29) is 25.9 Å². The lowest BCUT2D eigenvalue weighted by atomic mass is 10.1. The zero-order valence-electron chi connectivity index (χ0n) is 23.0. The summed E-state index contributed by atoms with van der Waals surface area (Å²) in [7, 11) is -5.45. The molecule has 0 N–H and O–H groups in total. The second-order valence-corrected chi connectivity index (χ2v) is 13.9. The summed E-state index contributed by atoms with van der Waals surface area (Å²) in [6, 6.07) is 16.3. The Morgan fingerprint density at radius 2 is 1.08 bits per heavy atom. The van der Waals surface area contributed by atoms with Gasteiger partial charge >= 0.3 is 11.9 Å². The van der Waals surface area contributed by atoms with Gasteiger partial charge in [0.15, 0.2) is 0 Å². The largest absolute Gasteiger partial charge is 0.468 e. The monoisotopic (exact) mass is 576 g/mol. The van der Waals surface area contributed by atoms with Crippen LogP contribution in [0.5, 0.6) is 0 Å². The van der Waals surface area contributed by atoms with Gasteiger partial charge in [-0.15, -0.1) is 13.2 Å². The Balaban J connectivity index is 2.48. The molecule has 0 aliphatic heterocycles. The van der Waals surface area contributed by atoms with Crippen molar-refractivity contribution in [3.8, 4) is 0 Å². The molecule has 0 amide bonds. The van der Waals surface area contributed by atoms with Crippen LogP contribution in [0, 0.1) is 0 Å². The number of ether oxygens (including phenoxy) is 2. The summed E-state index contributed by atoms with van der Waals surface area (Å²) in [5.41, 5.74) is 1.62. The van der Waals surface area contributed by atoms with E-state index >= 15 is 0 Å². The molecule has 0 bridgehead atoms. The van der Waals surface area contributed by atoms with Gasteiger partial charge in [-0.3, -0.25) is 18.7 Å². The van der Waals surface area contributed by atoms with Crippen LogP contribution in [-0.4, -0.2) is 74.0 Å². The Morgan fingerprint density at radius 1 is 0.744 bits per heavy atom. The van der Waals surface area contributed by atoms with Crippen molar-refractivity contribution in [2.45, 2.75) is 24.9 Å². The van der Waals surface area contributed by atoms with Gasteiger partial charge in [-0.05, 0) is 24.0 Å². The lowest BCUT2D eigenvalue weighted by Crippen LogP contribution is -2.43. The maximum absolute atomic E-state index is 14.2. The molecule has 11 heteroatoms. The molecule has 39 heavy (non-hydrogen) atoms. The summed E-state index contributed by atoms with van der Waals surface area (Å²) in [5, 5.41) is 0. The molecule has 0 heterocycles. The summed E-state index contributed by atoms with van der Waals surface area (Å²) in [5.74, 6) is -1.26. The van der Waals surface area contributed by atoms with Gasteiger partial charge in [-0.2, -0.15) is 0 Å². The van der Waals surface area contributed by atoms with Crippen LogP contribution in [0.1, 0.15) is 11.1 Å². The van der Waals surface area contributed by atoms with E-state index in [1.165, 1.54) is 49.0 Å². The van der Waals surface area contributed by atoms with E-state index < -0.39 is 39.1 Å². The fraction of sp³-hybridized carbons (Fsp3) is 0.357. The molecule has 4 atom stereocenters. The molecule has 9 nitrogen and oxygen atoms in total. The highest BCUT2D eigenvalue weighted by Crippen LogP contribution is 2.64. The van der Waals surface area contributed by atoms with Gasteiger partial charge in [0.2, 0.25) is 0 Å². The maximum atomic E-state index is 14.2. The first kappa shape index (κ1) is 32.4. The quantitative estimate of drug-likeness (QED) is 0.152. The second-order valence-electron chi connectivity index (χ2n) is 8.97. The molecule has 2 aromatic rings. The predicted molar refractivity (Wildman–Crippen MR) is 154 cm³/mol. The van der Waals surface area contributed by atoms with Crippen LogP contribution in [-0.2, 0) is 45.3 Å². The van der Waals surface area contributed by atoms with Crippen LogP contribution in [0.3, 0.4) is 0 Å². The third-order valence-electron chi connectivity index (χ3n) is 6.08. The lowest BCUT2D eigenvalue weighted by molar-refractivity contribution is -0.145. The third kappa shape index (κ3) is 9.13. The van der Waals surface area contributed by atoms with Gasteiger partial charge in [-0.25, -0.2) is 13.7 Å². The van der Waals surface area contributed by atoms with E-state index in [4.69, 9.17) is 13.8 Å². The second kappa shape index (κ2) is 15.1. The first-order chi connectivity index (χ1) is 18.5. The summed E-state index contributed by atoms with van der Waals surface area (Å²) in [6.45, 7) is 10.0. The zero-order valence-corrected chi connectivity index (χ0v) is 24.8. The Hall–Kier alpha value is -2.80. The minimum atomic E-state index is -3.97. The maximum Gasteiger partial charge on any atom is 0.323 e. The molecule has 0 saturated heterocycles. The van der Waals surface area contributed by atoms with E-state index in [1.807, 2.05) is 60.7 Å². The molecule has 2 aromatic carbocycles. The van der Waals surface area contributed by atoms with Crippen molar-refractivity contribution in [3.63, 3.8) is 0 Å². The first-order valence-corrected chi connectivity index (χ1v) is 16.4. The van der Waals surface area contributed by atoms with Gasteiger partial charge < -0.3 is 9.47 Å². The van der Waals surface area contributed by atoms with Crippen LogP contribution in [0.4, 0.5) is 0 Å². The minimum absolute atomic E-state index is 0.00766. The number of hydrogen-bond donors (Lipinski definition) is 0. The SMILES string of the molecule is C=CCN([C@@H](Cc1ccccc1)C(=O)OC)P(C)(=O)OP(C)(=O)N(CC=C)[C@@H](Cc1ccccc1)C(=O)OC. The number of carbonyl (C=O) groups is 2. The number of esters is 2. The van der Waals surface area contributed by atoms with Crippen molar-refractivity contribution in [3.05, 3.63) is 97.1 Å². The van der Waals surface area contributed by atoms with Crippen molar-refractivity contribution < 1.29 is 32.5 Å². The third-order valence-corrected chi connectivity index (χ3v) is 11.3. The van der Waals surface area contributed by atoms with Crippen LogP contribution in [0.25, 0.3) is 0 Å². The molecule has 0 fully saturated rings. The smallest absolute Gasteiger partial charge is 0.323 e. The number of methoxy groups -OCH3 is 2. The minimum Gasteiger partial charge on any atom is -0.468 e. The van der Waals surface area contributed by atoms with Crippen LogP contribution in [0.2, 0.25) is 0 Å². The molecule has 0 aliphatic rings. The molecule has 0 radical (unpaired) electrons. The molecule has 2 unspecified atom stereocenters. The molecule has 0 saturated carbocycles. The average Bonchev–Trinajstić information content (AvgIpc) is 2.92. The topological polar surface area (TPSA) is 102 Å². The zero-order chi connectivity index (χ0) is 29.1. The van der Waals surface area contributed by atoms with Crippen molar-refractivity contribution in [1.29, 1.82) is 0 Å². The molecule has 2 rings (SSSR count). The van der Waals surface area contributed by atoms with Crippen molar-refractivity contribution in [1.82, 2.24) is 9.34 Å². The van der Waals surface area contributed by atoms with Gasteiger partial charge in [0, 0.05) is 26.4 Å². The van der Waals surface area contributed by atoms with Crippen LogP contribution < -0.4 is 0 Å². The standard InChI is InChI=1S/C28H38N2O7P2/c1-7-19-29(25(27(31)35-3)21-23-15-11-9-12-16-23)38(5,33)37-39(6,34)30(20-8-2)26(28(32)36-4)22-24-17-13-10-14-18-24/h7-18,25-26H,1-2,19-22H2,3-6H3/t25-,26-,38?,39?/m0/s1. The van der Waals surface area contributed by atoms with Crippen molar-refractivity contribution in [2.75, 3.05) is 40.6 Å². The highest BCUT2D eigenvalue weighted by molar-refractivity contribution is 7.69. The fourth-order valence-electron chi connectivity index (χ4n) is 4.26. The van der Waals surface area contributed by atoms with E-state index in [0.717, 1.165) is 11.1 Å². The lowest BCUT2D eigenvalue weighted by Gasteiger charge is -2.38. The predicted octanol–water partition coefficient (Wildman–Crippen LogP) is 5.19. The number of hydrogen-bond acceptors (Lipinski definition) is 7. The van der Waals surface area contributed by atoms with E-state index in [1.54, 1.807) is 0 Å². The van der Waals surface area contributed by atoms with Crippen molar-refractivity contribution in [2.24, 2.45) is 0 Å². The molecular formula is C28H38N2O7P2. The fourth-order valence-corrected chi connectivity index (χ4v) is 9.45. The molecule has 0 aromatic heterocycles. The van der Waals surface area contributed by atoms with Crippen LogP contribution in [0.15, 0.2) is 86.0 Å². The summed E-state index contributed by atoms with van der Waals surface area (Å²) in [6.07, 6.45) is 3.31. The normalized spacial score (nSPS) is 15.9. The highest BCUT2D eigenvalue weighted by Gasteiger charge is 2.45. The average molecular weight is 577 g/mol. The van der Waals surface area contributed by atoms with Gasteiger partial charge in [0.05, 0.1) is 14.2 Å². The Kier molecular flexibility index (Phi) is 12.6. The molecule has 0 spiro atoms. The first-order valence-electron chi connectivity index (χ1n) is 12.4. The summed E-state index contributed by atoms with van der Waals surface area (Å²) >= 11 is 0. The number of carbonyl (C=O) groups excluding carboxylic acids is 2. The molecule has 212 valence electrons. The van der Waals surface area contributed by atoms with Crippen LogP contribution >= 0.6 is 15.0 Å².